The average molecular weight is 428 g/mol. The van der Waals surface area contributed by atoms with Crippen LogP contribution in [-0.4, -0.2) is 36.9 Å². The molecule has 3 nitrogen and oxygen atoms in total. The van der Waals surface area contributed by atoms with Gasteiger partial charge in [-0.25, -0.2) is 0 Å². The number of carbonyl (C=O) groups excluding carboxylic acids is 1. The summed E-state index contributed by atoms with van der Waals surface area (Å²) in [5.74, 6) is 1.60. The molecule has 1 saturated heterocycles. The predicted octanol–water partition coefficient (Wildman–Crippen LogP) is 5.30. The monoisotopic (exact) mass is 427 g/mol. The summed E-state index contributed by atoms with van der Waals surface area (Å²) in [4.78, 5) is 15.2. The Labute approximate surface area is 169 Å². The van der Waals surface area contributed by atoms with Gasteiger partial charge in [0.2, 0.25) is 0 Å². The van der Waals surface area contributed by atoms with Crippen molar-refractivity contribution in [3.8, 4) is 5.75 Å². The van der Waals surface area contributed by atoms with Crippen LogP contribution < -0.4 is 4.74 Å². The highest BCUT2D eigenvalue weighted by atomic mass is 79.9. The minimum Gasteiger partial charge on any atom is -0.494 e. The van der Waals surface area contributed by atoms with Gasteiger partial charge in [0, 0.05) is 22.5 Å². The molecule has 2 aliphatic rings. The molecule has 2 aromatic rings. The zero-order chi connectivity index (χ0) is 18.6. The highest BCUT2D eigenvalue weighted by molar-refractivity contribution is 9.10. The SMILES string of the molecule is O=C(c1ccc(OCCCN2CCCC2)cc1)[C@@H]1C[C@H]1c1ccc(Br)cc1. The normalized spacial score (nSPS) is 22.0. The Morgan fingerprint density at radius 3 is 2.44 bits per heavy atom. The van der Waals surface area contributed by atoms with Crippen LogP contribution in [0.1, 0.15) is 47.5 Å². The molecular weight excluding hydrogens is 402 g/mol. The van der Waals surface area contributed by atoms with E-state index in [-0.39, 0.29) is 11.7 Å². The molecule has 2 atom stereocenters. The van der Waals surface area contributed by atoms with Gasteiger partial charge < -0.3 is 9.64 Å². The topological polar surface area (TPSA) is 29.5 Å². The molecule has 0 aromatic heterocycles. The number of hydrogen-bond donors (Lipinski definition) is 0. The van der Waals surface area contributed by atoms with Crippen molar-refractivity contribution in [3.05, 3.63) is 64.1 Å². The third-order valence-electron chi connectivity index (χ3n) is 5.65. The van der Waals surface area contributed by atoms with Crippen LogP contribution in [-0.2, 0) is 0 Å². The molecule has 1 saturated carbocycles. The Kier molecular flexibility index (Phi) is 5.94. The Morgan fingerprint density at radius 1 is 1.04 bits per heavy atom. The lowest BCUT2D eigenvalue weighted by Gasteiger charge is -2.14. The Balaban J connectivity index is 1.25. The number of Topliss-reactive ketones (excluding diaryl/α,β-unsaturated/α-hetero) is 1. The van der Waals surface area contributed by atoms with Crippen LogP contribution in [0, 0.1) is 5.92 Å². The summed E-state index contributed by atoms with van der Waals surface area (Å²) in [6, 6.07) is 16.0. The highest BCUT2D eigenvalue weighted by Gasteiger charge is 2.43. The minimum atomic E-state index is 0.124. The van der Waals surface area contributed by atoms with E-state index in [1.165, 1.54) is 31.5 Å². The van der Waals surface area contributed by atoms with Gasteiger partial charge in [-0.05, 0) is 86.7 Å². The fourth-order valence-electron chi connectivity index (χ4n) is 3.98. The number of rotatable bonds is 8. The molecule has 27 heavy (non-hydrogen) atoms. The van der Waals surface area contributed by atoms with Gasteiger partial charge in [0.05, 0.1) is 6.61 Å². The number of likely N-dealkylation sites (tertiary alicyclic amines) is 1. The third kappa shape index (κ3) is 4.80. The van der Waals surface area contributed by atoms with E-state index in [0.29, 0.717) is 5.92 Å². The van der Waals surface area contributed by atoms with Crippen molar-refractivity contribution in [2.75, 3.05) is 26.2 Å². The first-order valence-electron chi connectivity index (χ1n) is 9.95. The maximum atomic E-state index is 12.7. The summed E-state index contributed by atoms with van der Waals surface area (Å²) >= 11 is 3.46. The Morgan fingerprint density at radius 2 is 1.74 bits per heavy atom. The van der Waals surface area contributed by atoms with E-state index in [2.05, 4.69) is 33.0 Å². The van der Waals surface area contributed by atoms with E-state index in [0.717, 1.165) is 41.8 Å². The minimum absolute atomic E-state index is 0.124. The van der Waals surface area contributed by atoms with Crippen molar-refractivity contribution in [1.29, 1.82) is 0 Å². The molecule has 1 aliphatic heterocycles. The van der Waals surface area contributed by atoms with Crippen molar-refractivity contribution < 1.29 is 9.53 Å². The zero-order valence-corrected chi connectivity index (χ0v) is 17.2. The van der Waals surface area contributed by atoms with Crippen molar-refractivity contribution >= 4 is 21.7 Å². The molecule has 2 fully saturated rings. The molecule has 2 aromatic carbocycles. The Hall–Kier alpha value is -1.65. The average Bonchev–Trinajstić information content (AvgIpc) is 3.32. The molecule has 142 valence electrons. The van der Waals surface area contributed by atoms with Gasteiger partial charge in [0.25, 0.3) is 0 Å². The van der Waals surface area contributed by atoms with Crippen LogP contribution in [0.4, 0.5) is 0 Å². The molecule has 4 rings (SSSR count). The molecule has 0 N–H and O–H groups in total. The van der Waals surface area contributed by atoms with Gasteiger partial charge in [-0.15, -0.1) is 0 Å². The molecule has 0 bridgehead atoms. The number of carbonyl (C=O) groups is 1. The smallest absolute Gasteiger partial charge is 0.166 e. The lowest BCUT2D eigenvalue weighted by atomic mass is 10.0. The van der Waals surface area contributed by atoms with Gasteiger partial charge in [0.15, 0.2) is 5.78 Å². The highest BCUT2D eigenvalue weighted by Crippen LogP contribution is 2.49. The second kappa shape index (κ2) is 8.57. The summed E-state index contributed by atoms with van der Waals surface area (Å²) in [5.41, 5.74) is 2.05. The van der Waals surface area contributed by atoms with Crippen LogP contribution in [0.15, 0.2) is 53.0 Å². The van der Waals surface area contributed by atoms with Crippen molar-refractivity contribution in [3.63, 3.8) is 0 Å². The third-order valence-corrected chi connectivity index (χ3v) is 6.18. The van der Waals surface area contributed by atoms with Crippen LogP contribution in [0.3, 0.4) is 0 Å². The van der Waals surface area contributed by atoms with Crippen LogP contribution >= 0.6 is 15.9 Å². The quantitative estimate of drug-likeness (QED) is 0.422. The van der Waals surface area contributed by atoms with E-state index in [4.69, 9.17) is 4.74 Å². The first-order valence-corrected chi connectivity index (χ1v) is 10.7. The van der Waals surface area contributed by atoms with Gasteiger partial charge in [-0.1, -0.05) is 28.1 Å². The van der Waals surface area contributed by atoms with E-state index in [1.807, 2.05) is 36.4 Å². The number of ether oxygens (including phenoxy) is 1. The van der Waals surface area contributed by atoms with E-state index < -0.39 is 0 Å². The standard InChI is InChI=1S/C23H26BrNO2/c24-19-8-4-17(5-9-19)21-16-22(21)23(26)18-6-10-20(11-7-18)27-15-3-14-25-12-1-2-13-25/h4-11,21-22H,1-3,12-16H2/t21-,22+/m0/s1. The summed E-state index contributed by atoms with van der Waals surface area (Å²) in [6.07, 6.45) is 4.67. The van der Waals surface area contributed by atoms with Crippen molar-refractivity contribution in [1.82, 2.24) is 4.90 Å². The fraction of sp³-hybridized carbons (Fsp3) is 0.435. The van der Waals surface area contributed by atoms with Crippen LogP contribution in [0.5, 0.6) is 5.75 Å². The molecule has 1 heterocycles. The van der Waals surface area contributed by atoms with Gasteiger partial charge >= 0.3 is 0 Å². The summed E-state index contributed by atoms with van der Waals surface area (Å²) in [5, 5.41) is 0. The summed E-state index contributed by atoms with van der Waals surface area (Å²) in [7, 11) is 0. The molecule has 4 heteroatoms. The number of benzene rings is 2. The van der Waals surface area contributed by atoms with E-state index >= 15 is 0 Å². The maximum Gasteiger partial charge on any atom is 0.166 e. The zero-order valence-electron chi connectivity index (χ0n) is 15.6. The second-order valence-electron chi connectivity index (χ2n) is 7.64. The number of ketones is 1. The van der Waals surface area contributed by atoms with Gasteiger partial charge in [-0.3, -0.25) is 4.79 Å². The van der Waals surface area contributed by atoms with Crippen molar-refractivity contribution in [2.24, 2.45) is 5.92 Å². The maximum absolute atomic E-state index is 12.7. The molecule has 0 radical (unpaired) electrons. The summed E-state index contributed by atoms with van der Waals surface area (Å²) in [6.45, 7) is 4.33. The van der Waals surface area contributed by atoms with Crippen LogP contribution in [0.25, 0.3) is 0 Å². The first-order chi connectivity index (χ1) is 13.2. The lowest BCUT2D eigenvalue weighted by Crippen LogP contribution is -2.21. The van der Waals surface area contributed by atoms with E-state index in [1.54, 1.807) is 0 Å². The first kappa shape index (κ1) is 18.7. The molecule has 0 spiro atoms. The predicted molar refractivity (Wildman–Crippen MR) is 112 cm³/mol. The lowest BCUT2D eigenvalue weighted by molar-refractivity contribution is 0.0965. The van der Waals surface area contributed by atoms with E-state index in [9.17, 15) is 4.79 Å². The Bertz CT molecular complexity index is 766. The number of hydrogen-bond acceptors (Lipinski definition) is 3. The molecule has 0 amide bonds. The number of nitrogens with zero attached hydrogens (tertiary/aromatic N) is 1. The second-order valence-corrected chi connectivity index (χ2v) is 8.56. The largest absolute Gasteiger partial charge is 0.494 e. The molecule has 0 unspecified atom stereocenters. The van der Waals surface area contributed by atoms with Gasteiger partial charge in [-0.2, -0.15) is 0 Å². The van der Waals surface area contributed by atoms with Gasteiger partial charge in [0.1, 0.15) is 5.75 Å². The molecular formula is C23H26BrNO2. The van der Waals surface area contributed by atoms with Crippen LogP contribution in [0.2, 0.25) is 0 Å². The molecule has 1 aliphatic carbocycles. The number of halogens is 1. The summed E-state index contributed by atoms with van der Waals surface area (Å²) < 4.78 is 6.91. The fourth-order valence-corrected chi connectivity index (χ4v) is 4.24. The van der Waals surface area contributed by atoms with Crippen molar-refractivity contribution in [2.45, 2.75) is 31.6 Å².